The first-order chi connectivity index (χ1) is 36.7. The van der Waals surface area contributed by atoms with E-state index in [4.69, 9.17) is 15.0 Å². The quantitative estimate of drug-likeness (QED) is 0.145. The van der Waals surface area contributed by atoms with Crippen LogP contribution in [0, 0.1) is 0 Å². The van der Waals surface area contributed by atoms with Crippen molar-refractivity contribution < 1.29 is 0 Å². The lowest BCUT2D eigenvalue weighted by molar-refractivity contribution is 0.954. The molecule has 0 radical (unpaired) electrons. The summed E-state index contributed by atoms with van der Waals surface area (Å²) in [5, 5.41) is 4.58. The van der Waals surface area contributed by atoms with Crippen LogP contribution in [0.2, 0.25) is 0 Å². The Morgan fingerprint density at radius 2 is 0.568 bits per heavy atom. The van der Waals surface area contributed by atoms with Gasteiger partial charge in [0.05, 0.1) is 22.1 Å². The van der Waals surface area contributed by atoms with E-state index in [-0.39, 0.29) is 0 Å². The molecule has 0 bridgehead atoms. The molecule has 346 valence electrons. The van der Waals surface area contributed by atoms with E-state index in [0.29, 0.717) is 17.6 Å². The van der Waals surface area contributed by atoms with Gasteiger partial charge in [-0.15, -0.1) is 0 Å². The summed E-state index contributed by atoms with van der Waals surface area (Å²) in [4.78, 5) is 15.8. The summed E-state index contributed by atoms with van der Waals surface area (Å²) < 4.78 is 4.71. The maximum atomic E-state index is 5.35. The lowest BCUT2D eigenvalue weighted by Crippen LogP contribution is -2.07. The zero-order valence-electron chi connectivity index (χ0n) is 40.2. The highest BCUT2D eigenvalue weighted by Gasteiger charge is 2.24. The molecule has 14 rings (SSSR count). The van der Waals surface area contributed by atoms with Crippen LogP contribution in [-0.2, 0) is 0 Å². The van der Waals surface area contributed by atoms with Crippen molar-refractivity contribution in [3.05, 3.63) is 273 Å². The molecule has 74 heavy (non-hydrogen) atoms. The molecule has 3 heterocycles. The second-order valence-electron chi connectivity index (χ2n) is 18.8. The van der Waals surface area contributed by atoms with Crippen molar-refractivity contribution >= 4 is 43.6 Å². The zero-order chi connectivity index (χ0) is 49.0. The number of fused-ring (bicyclic) bond motifs is 6. The van der Waals surface area contributed by atoms with E-state index >= 15 is 0 Å². The van der Waals surface area contributed by atoms with Crippen LogP contribution in [0.3, 0.4) is 0 Å². The number of nitrogens with zero attached hydrogens (tertiary/aromatic N) is 5. The fraction of sp³-hybridized carbons (Fsp3) is 0. The molecule has 0 aliphatic rings. The molecule has 0 saturated carbocycles. The second-order valence-corrected chi connectivity index (χ2v) is 18.8. The van der Waals surface area contributed by atoms with E-state index in [1.807, 2.05) is 36.4 Å². The van der Waals surface area contributed by atoms with Gasteiger partial charge in [0, 0.05) is 49.5 Å². The zero-order valence-corrected chi connectivity index (χ0v) is 40.2. The molecule has 0 aliphatic heterocycles. The Balaban J connectivity index is 1.06. The van der Waals surface area contributed by atoms with Crippen molar-refractivity contribution in [2.24, 2.45) is 0 Å². The molecular formula is C69H45N5. The molecule has 3 aromatic heterocycles. The van der Waals surface area contributed by atoms with Gasteiger partial charge in [-0.25, -0.2) is 4.98 Å². The minimum Gasteiger partial charge on any atom is -0.309 e. The number of para-hydroxylation sites is 1. The fourth-order valence-corrected chi connectivity index (χ4v) is 10.9. The number of rotatable bonds is 9. The molecule has 0 saturated heterocycles. The summed E-state index contributed by atoms with van der Waals surface area (Å²) in [5.41, 5.74) is 18.7. The summed E-state index contributed by atoms with van der Waals surface area (Å²) in [5.74, 6) is 1.77. The molecule has 0 fully saturated rings. The second kappa shape index (κ2) is 18.0. The number of benzene rings is 11. The summed E-state index contributed by atoms with van der Waals surface area (Å²) in [6.45, 7) is 0. The maximum Gasteiger partial charge on any atom is 0.238 e. The van der Waals surface area contributed by atoms with E-state index in [0.717, 1.165) is 77.5 Å². The molecule has 0 N–H and O–H groups in total. The summed E-state index contributed by atoms with van der Waals surface area (Å²) in [6.07, 6.45) is 0. The van der Waals surface area contributed by atoms with Gasteiger partial charge in [0.1, 0.15) is 0 Å². The van der Waals surface area contributed by atoms with E-state index < -0.39 is 0 Å². The Morgan fingerprint density at radius 1 is 0.230 bits per heavy atom. The van der Waals surface area contributed by atoms with Crippen molar-refractivity contribution in [3.63, 3.8) is 0 Å². The van der Waals surface area contributed by atoms with Crippen molar-refractivity contribution in [1.29, 1.82) is 0 Å². The van der Waals surface area contributed by atoms with Crippen molar-refractivity contribution in [2.45, 2.75) is 0 Å². The highest BCUT2D eigenvalue weighted by molar-refractivity contribution is 6.18. The molecule has 0 spiro atoms. The van der Waals surface area contributed by atoms with Gasteiger partial charge in [-0.3, -0.25) is 4.57 Å². The van der Waals surface area contributed by atoms with Crippen LogP contribution in [-0.4, -0.2) is 24.1 Å². The van der Waals surface area contributed by atoms with Gasteiger partial charge < -0.3 is 4.57 Å². The lowest BCUT2D eigenvalue weighted by Gasteiger charge is -2.14. The highest BCUT2D eigenvalue weighted by Crippen LogP contribution is 2.45. The molecule has 0 atom stereocenters. The van der Waals surface area contributed by atoms with Crippen LogP contribution in [0.25, 0.3) is 134 Å². The third-order valence-electron chi connectivity index (χ3n) is 14.3. The molecule has 14 aromatic rings. The molecule has 0 aliphatic carbocycles. The first kappa shape index (κ1) is 42.9. The highest BCUT2D eigenvalue weighted by atomic mass is 15.2. The monoisotopic (exact) mass is 943 g/mol. The molecule has 5 nitrogen and oxygen atoms in total. The lowest BCUT2D eigenvalue weighted by atomic mass is 9.94. The van der Waals surface area contributed by atoms with Gasteiger partial charge in [0.2, 0.25) is 5.95 Å². The smallest absolute Gasteiger partial charge is 0.238 e. The average Bonchev–Trinajstić information content (AvgIpc) is 4.05. The predicted octanol–water partition coefficient (Wildman–Crippen LogP) is 17.7. The van der Waals surface area contributed by atoms with E-state index in [1.165, 1.54) is 38.5 Å². The number of aromatic nitrogens is 5. The van der Waals surface area contributed by atoms with Gasteiger partial charge in [-0.05, 0) is 105 Å². The van der Waals surface area contributed by atoms with Crippen LogP contribution in [0.15, 0.2) is 273 Å². The minimum absolute atomic E-state index is 0.550. The molecular weight excluding hydrogens is 899 g/mol. The Hall–Kier alpha value is -9.97. The van der Waals surface area contributed by atoms with Gasteiger partial charge in [-0.2, -0.15) is 9.97 Å². The largest absolute Gasteiger partial charge is 0.309 e. The van der Waals surface area contributed by atoms with Crippen LogP contribution in [0.4, 0.5) is 0 Å². The number of hydrogen-bond donors (Lipinski definition) is 0. The summed E-state index contributed by atoms with van der Waals surface area (Å²) in [6, 6.07) is 97.4. The third-order valence-corrected chi connectivity index (χ3v) is 14.3. The first-order valence-corrected chi connectivity index (χ1v) is 25.1. The van der Waals surface area contributed by atoms with Crippen LogP contribution in [0.1, 0.15) is 0 Å². The Morgan fingerprint density at radius 3 is 0.986 bits per heavy atom. The fourth-order valence-electron chi connectivity index (χ4n) is 10.9. The van der Waals surface area contributed by atoms with Crippen molar-refractivity contribution in [2.75, 3.05) is 0 Å². The topological polar surface area (TPSA) is 48.5 Å². The Labute approximate surface area is 428 Å². The third kappa shape index (κ3) is 7.46. The van der Waals surface area contributed by atoms with E-state index in [9.17, 15) is 0 Å². The molecule has 0 unspecified atom stereocenters. The Bertz CT molecular complexity index is 4300. The Kier molecular flexibility index (Phi) is 10.4. The average molecular weight is 944 g/mol. The standard InChI is InChI=1S/C69H45N5/c1-8-22-46(23-9-1)54-42-57(48-26-12-3-13-27-48)65-61(44-54)59-40-52(36-38-63(59)73(65)56-34-20-7-21-35-56)53-37-39-64-60(41-53)62-45-55(47-24-10-2-11-25-47)43-58(49-28-14-4-15-29-49)66(62)74(64)69-71-67(50-30-16-5-17-31-50)70-68(72-69)51-32-18-6-19-33-51/h1-45H. The number of hydrogen-bond acceptors (Lipinski definition) is 3. The van der Waals surface area contributed by atoms with E-state index in [1.54, 1.807) is 0 Å². The van der Waals surface area contributed by atoms with Crippen LogP contribution in [0.5, 0.6) is 0 Å². The van der Waals surface area contributed by atoms with Gasteiger partial charge >= 0.3 is 0 Å². The van der Waals surface area contributed by atoms with Crippen molar-refractivity contribution in [1.82, 2.24) is 24.1 Å². The predicted molar refractivity (Wildman–Crippen MR) is 307 cm³/mol. The minimum atomic E-state index is 0.550. The van der Waals surface area contributed by atoms with Crippen LogP contribution >= 0.6 is 0 Å². The summed E-state index contributed by atoms with van der Waals surface area (Å²) in [7, 11) is 0. The van der Waals surface area contributed by atoms with E-state index in [2.05, 4.69) is 246 Å². The van der Waals surface area contributed by atoms with Crippen LogP contribution < -0.4 is 0 Å². The molecule has 11 aromatic carbocycles. The normalized spacial score (nSPS) is 11.5. The van der Waals surface area contributed by atoms with Gasteiger partial charge in [0.25, 0.3) is 0 Å². The SMILES string of the molecule is c1ccc(-c2cc(-c3ccccc3)c3c(c2)c2cc(-c4ccc5c(c4)c4cc(-c6ccccc6)cc(-c6ccccc6)c4n5-c4nc(-c5ccccc5)nc(-c5ccccc5)n4)ccc2n3-c2ccccc2)cc1. The molecule has 0 amide bonds. The first-order valence-electron chi connectivity index (χ1n) is 25.1. The summed E-state index contributed by atoms with van der Waals surface area (Å²) >= 11 is 0. The van der Waals surface area contributed by atoms with Gasteiger partial charge in [0.15, 0.2) is 11.6 Å². The maximum absolute atomic E-state index is 5.35. The molecule has 5 heteroatoms. The van der Waals surface area contributed by atoms with Gasteiger partial charge in [-0.1, -0.05) is 212 Å². The van der Waals surface area contributed by atoms with Crippen molar-refractivity contribution in [3.8, 4) is 90.0 Å².